The van der Waals surface area contributed by atoms with Gasteiger partial charge < -0.3 is 4.90 Å². The Morgan fingerprint density at radius 1 is 1.08 bits per heavy atom. The molecule has 0 aliphatic carbocycles. The molecule has 138 valence electrons. The van der Waals surface area contributed by atoms with Gasteiger partial charge in [0.25, 0.3) is 0 Å². The van der Waals surface area contributed by atoms with Crippen molar-refractivity contribution in [3.8, 4) is 0 Å². The van der Waals surface area contributed by atoms with Gasteiger partial charge in [-0.1, -0.05) is 23.7 Å². The molecule has 0 aromatic heterocycles. The van der Waals surface area contributed by atoms with E-state index in [4.69, 9.17) is 11.6 Å². The van der Waals surface area contributed by atoms with Gasteiger partial charge in [0.15, 0.2) is 0 Å². The normalized spacial score (nSPS) is 18.8. The second-order valence-corrected chi connectivity index (χ2v) is 6.83. The average molecular weight is 377 g/mol. The predicted molar refractivity (Wildman–Crippen MR) is 99.0 cm³/mol. The Bertz CT molecular complexity index is 759. The molecule has 0 saturated carbocycles. The summed E-state index contributed by atoms with van der Waals surface area (Å²) in [4.78, 5) is 42.4. The minimum atomic E-state index is -0.789. The fraction of sp³-hybridized carbons (Fsp3) is 0.389. The van der Waals surface area contributed by atoms with Gasteiger partial charge in [0.05, 0.1) is 6.67 Å². The summed E-state index contributed by atoms with van der Waals surface area (Å²) in [5.74, 6) is -1.56. The first kappa shape index (κ1) is 18.4. The lowest BCUT2D eigenvalue weighted by Gasteiger charge is -2.37. The first-order chi connectivity index (χ1) is 12.4. The number of imide groups is 2. The standard InChI is InChI=1S/C18H21ClN4O3/c1-3-6-22-16(24)17(25)23(18(22)26)12-20-7-9-21(10-8-20)15-11-14(19)5-4-13(15)2/h3-5,11H,1,6-10,12H2,2H3. The molecule has 4 amide bonds. The molecule has 2 aliphatic rings. The number of urea groups is 1. The first-order valence-corrected chi connectivity index (χ1v) is 8.82. The second-order valence-electron chi connectivity index (χ2n) is 6.40. The zero-order valence-electron chi connectivity index (χ0n) is 14.7. The van der Waals surface area contributed by atoms with Crippen molar-refractivity contribution in [3.05, 3.63) is 41.4 Å². The van der Waals surface area contributed by atoms with E-state index in [1.54, 1.807) is 0 Å². The molecule has 7 nitrogen and oxygen atoms in total. The molecule has 2 saturated heterocycles. The topological polar surface area (TPSA) is 64.2 Å². The maximum absolute atomic E-state index is 12.3. The number of amides is 4. The number of hydrogen-bond donors (Lipinski definition) is 0. The van der Waals surface area contributed by atoms with Crippen molar-refractivity contribution in [2.24, 2.45) is 0 Å². The lowest BCUT2D eigenvalue weighted by atomic mass is 10.1. The third kappa shape index (κ3) is 3.45. The van der Waals surface area contributed by atoms with Crippen molar-refractivity contribution in [2.45, 2.75) is 6.92 Å². The molecule has 8 heteroatoms. The monoisotopic (exact) mass is 376 g/mol. The summed E-state index contributed by atoms with van der Waals surface area (Å²) in [6.07, 6.45) is 1.43. The van der Waals surface area contributed by atoms with Crippen molar-refractivity contribution in [3.63, 3.8) is 0 Å². The van der Waals surface area contributed by atoms with Crippen molar-refractivity contribution in [2.75, 3.05) is 44.3 Å². The lowest BCUT2D eigenvalue weighted by Crippen LogP contribution is -2.51. The lowest BCUT2D eigenvalue weighted by molar-refractivity contribution is -0.143. The van der Waals surface area contributed by atoms with Gasteiger partial charge in [-0.3, -0.25) is 19.4 Å². The van der Waals surface area contributed by atoms with Crippen LogP contribution in [0.5, 0.6) is 0 Å². The summed E-state index contributed by atoms with van der Waals surface area (Å²) in [5, 5.41) is 0.696. The number of anilines is 1. The molecule has 0 spiro atoms. The molecular weight excluding hydrogens is 356 g/mol. The van der Waals surface area contributed by atoms with Gasteiger partial charge in [-0.25, -0.2) is 9.69 Å². The van der Waals surface area contributed by atoms with E-state index in [1.165, 1.54) is 6.08 Å². The summed E-state index contributed by atoms with van der Waals surface area (Å²) in [7, 11) is 0. The van der Waals surface area contributed by atoms with E-state index >= 15 is 0 Å². The van der Waals surface area contributed by atoms with Crippen LogP contribution >= 0.6 is 11.6 Å². The van der Waals surface area contributed by atoms with Crippen molar-refractivity contribution in [1.82, 2.24) is 14.7 Å². The van der Waals surface area contributed by atoms with Crippen LogP contribution in [0.3, 0.4) is 0 Å². The number of rotatable bonds is 5. The van der Waals surface area contributed by atoms with Gasteiger partial charge in [0, 0.05) is 43.4 Å². The SMILES string of the molecule is C=CCN1C(=O)C(=O)N(CN2CCN(c3cc(Cl)ccc3C)CC2)C1=O. The Labute approximate surface area is 157 Å². The molecule has 0 N–H and O–H groups in total. The number of benzene rings is 1. The van der Waals surface area contributed by atoms with Crippen LogP contribution in [0.2, 0.25) is 5.02 Å². The Kier molecular flexibility index (Phi) is 5.29. The molecule has 2 fully saturated rings. The third-order valence-corrected chi connectivity index (χ3v) is 4.91. The van der Waals surface area contributed by atoms with Crippen LogP contribution in [0.25, 0.3) is 0 Å². The van der Waals surface area contributed by atoms with Crippen LogP contribution in [0.1, 0.15) is 5.56 Å². The van der Waals surface area contributed by atoms with E-state index in [9.17, 15) is 14.4 Å². The molecule has 0 atom stereocenters. The van der Waals surface area contributed by atoms with Gasteiger partial charge in [-0.15, -0.1) is 6.58 Å². The molecule has 0 radical (unpaired) electrons. The van der Waals surface area contributed by atoms with E-state index in [0.29, 0.717) is 18.1 Å². The van der Waals surface area contributed by atoms with E-state index in [2.05, 4.69) is 11.5 Å². The maximum Gasteiger partial charge on any atom is 0.335 e. The van der Waals surface area contributed by atoms with Crippen LogP contribution in [-0.2, 0) is 9.59 Å². The molecule has 0 bridgehead atoms. The van der Waals surface area contributed by atoms with E-state index in [0.717, 1.165) is 34.1 Å². The quantitative estimate of drug-likeness (QED) is 0.444. The molecule has 2 heterocycles. The van der Waals surface area contributed by atoms with Crippen molar-refractivity contribution >= 4 is 35.1 Å². The first-order valence-electron chi connectivity index (χ1n) is 8.44. The number of piperazine rings is 1. The summed E-state index contributed by atoms with van der Waals surface area (Å²) >= 11 is 6.10. The van der Waals surface area contributed by atoms with Crippen LogP contribution < -0.4 is 4.90 Å². The maximum atomic E-state index is 12.3. The fourth-order valence-corrected chi connectivity index (χ4v) is 3.38. The highest BCUT2D eigenvalue weighted by Crippen LogP contribution is 2.25. The molecular formula is C18H21ClN4O3. The molecule has 3 rings (SSSR count). The van der Waals surface area contributed by atoms with Gasteiger partial charge in [0.1, 0.15) is 0 Å². The molecule has 26 heavy (non-hydrogen) atoms. The smallest absolute Gasteiger partial charge is 0.335 e. The molecule has 2 aliphatic heterocycles. The minimum Gasteiger partial charge on any atom is -0.369 e. The number of carbonyl (C=O) groups excluding carboxylic acids is 3. The van der Waals surface area contributed by atoms with Crippen molar-refractivity contribution in [1.29, 1.82) is 0 Å². The summed E-state index contributed by atoms with van der Waals surface area (Å²) in [6.45, 7) is 8.58. The van der Waals surface area contributed by atoms with Gasteiger partial charge >= 0.3 is 17.8 Å². The Morgan fingerprint density at radius 2 is 1.73 bits per heavy atom. The number of hydrogen-bond acceptors (Lipinski definition) is 5. The van der Waals surface area contributed by atoms with Crippen LogP contribution in [0, 0.1) is 6.92 Å². The van der Waals surface area contributed by atoms with E-state index in [-0.39, 0.29) is 13.2 Å². The number of nitrogens with zero attached hydrogens (tertiary/aromatic N) is 4. The summed E-state index contributed by atoms with van der Waals surface area (Å²) < 4.78 is 0. The predicted octanol–water partition coefficient (Wildman–Crippen LogP) is 1.70. The van der Waals surface area contributed by atoms with Gasteiger partial charge in [-0.2, -0.15) is 0 Å². The van der Waals surface area contributed by atoms with Gasteiger partial charge in [0.2, 0.25) is 0 Å². The number of halogens is 1. The number of aryl methyl sites for hydroxylation is 1. The Morgan fingerprint density at radius 3 is 2.38 bits per heavy atom. The molecule has 1 aromatic carbocycles. The Balaban J connectivity index is 1.61. The van der Waals surface area contributed by atoms with Crippen LogP contribution in [-0.4, -0.2) is 71.9 Å². The van der Waals surface area contributed by atoms with Crippen molar-refractivity contribution < 1.29 is 14.4 Å². The van der Waals surface area contributed by atoms with Crippen LogP contribution in [0.15, 0.2) is 30.9 Å². The fourth-order valence-electron chi connectivity index (χ4n) is 3.22. The number of carbonyl (C=O) groups is 3. The zero-order chi connectivity index (χ0) is 18.8. The highest BCUT2D eigenvalue weighted by atomic mass is 35.5. The minimum absolute atomic E-state index is 0.0434. The largest absolute Gasteiger partial charge is 0.369 e. The van der Waals surface area contributed by atoms with Gasteiger partial charge in [-0.05, 0) is 24.6 Å². The molecule has 1 aromatic rings. The third-order valence-electron chi connectivity index (χ3n) is 4.67. The molecule has 0 unspecified atom stereocenters. The zero-order valence-corrected chi connectivity index (χ0v) is 15.4. The Hall–Kier alpha value is -2.38. The highest BCUT2D eigenvalue weighted by Gasteiger charge is 2.44. The average Bonchev–Trinajstić information content (AvgIpc) is 2.83. The summed E-state index contributed by atoms with van der Waals surface area (Å²) in [6, 6.07) is 5.23. The van der Waals surface area contributed by atoms with Crippen LogP contribution in [0.4, 0.5) is 10.5 Å². The second kappa shape index (κ2) is 7.47. The van der Waals surface area contributed by atoms with E-state index in [1.807, 2.05) is 30.0 Å². The summed E-state index contributed by atoms with van der Waals surface area (Å²) in [5.41, 5.74) is 2.25. The highest BCUT2D eigenvalue weighted by molar-refractivity contribution is 6.44. The van der Waals surface area contributed by atoms with E-state index < -0.39 is 17.8 Å².